The maximum absolute atomic E-state index is 4.86. The highest BCUT2D eigenvalue weighted by Crippen LogP contribution is 2.42. The van der Waals surface area contributed by atoms with Crippen molar-refractivity contribution in [2.45, 2.75) is 79.8 Å². The number of nitrogens with one attached hydrogen (secondary N) is 1. The van der Waals surface area contributed by atoms with E-state index in [1.54, 1.807) is 0 Å². The van der Waals surface area contributed by atoms with E-state index in [4.69, 9.17) is 5.10 Å². The molecule has 1 heterocycles. The molecule has 120 valence electrons. The fraction of sp³-hybridized carbons (Fsp3) is 0.833. The van der Waals surface area contributed by atoms with Gasteiger partial charge in [-0.25, -0.2) is 0 Å². The lowest BCUT2D eigenvalue weighted by atomic mass is 9.69. The van der Waals surface area contributed by atoms with Gasteiger partial charge in [0.1, 0.15) is 0 Å². The number of hydrogen-bond donors (Lipinski definition) is 1. The highest BCUT2D eigenvalue weighted by Gasteiger charge is 2.37. The molecule has 3 atom stereocenters. The molecule has 1 aromatic heterocycles. The Kier molecular flexibility index (Phi) is 4.82. The topological polar surface area (TPSA) is 29.9 Å². The summed E-state index contributed by atoms with van der Waals surface area (Å²) in [7, 11) is 0. The molecule has 0 aromatic carbocycles. The zero-order chi connectivity index (χ0) is 15.8. The Morgan fingerprint density at radius 3 is 2.33 bits per heavy atom. The maximum atomic E-state index is 4.86. The Bertz CT molecular complexity index is 481. The predicted molar refractivity (Wildman–Crippen MR) is 89.7 cm³/mol. The van der Waals surface area contributed by atoms with E-state index in [9.17, 15) is 0 Å². The van der Waals surface area contributed by atoms with Crippen molar-refractivity contribution in [3.63, 3.8) is 0 Å². The largest absolute Gasteiger partial charge is 0.312 e. The van der Waals surface area contributed by atoms with Crippen molar-refractivity contribution in [2.75, 3.05) is 6.54 Å². The van der Waals surface area contributed by atoms with Crippen molar-refractivity contribution in [3.05, 3.63) is 17.0 Å². The van der Waals surface area contributed by atoms with Crippen molar-refractivity contribution < 1.29 is 0 Å². The van der Waals surface area contributed by atoms with Gasteiger partial charge in [-0.3, -0.25) is 4.68 Å². The molecule has 1 saturated carbocycles. The van der Waals surface area contributed by atoms with Gasteiger partial charge in [0.2, 0.25) is 0 Å². The van der Waals surface area contributed by atoms with E-state index in [0.717, 1.165) is 12.5 Å². The third-order valence-corrected chi connectivity index (χ3v) is 5.51. The molecule has 21 heavy (non-hydrogen) atoms. The van der Waals surface area contributed by atoms with Crippen LogP contribution < -0.4 is 5.32 Å². The molecule has 0 radical (unpaired) electrons. The van der Waals surface area contributed by atoms with E-state index in [1.165, 1.54) is 36.2 Å². The van der Waals surface area contributed by atoms with Crippen LogP contribution in [0.3, 0.4) is 0 Å². The smallest absolute Gasteiger partial charge is 0.0678 e. The zero-order valence-corrected chi connectivity index (χ0v) is 15.0. The molecule has 0 bridgehead atoms. The van der Waals surface area contributed by atoms with Gasteiger partial charge >= 0.3 is 0 Å². The van der Waals surface area contributed by atoms with Crippen LogP contribution in [-0.2, 0) is 0 Å². The van der Waals surface area contributed by atoms with Crippen LogP contribution >= 0.6 is 0 Å². The van der Waals surface area contributed by atoms with Crippen LogP contribution in [0, 0.1) is 32.1 Å². The van der Waals surface area contributed by atoms with E-state index < -0.39 is 0 Å². The fourth-order valence-corrected chi connectivity index (χ4v) is 3.77. The first-order valence-electron chi connectivity index (χ1n) is 8.51. The number of aromatic nitrogens is 2. The molecule has 1 aromatic rings. The summed E-state index contributed by atoms with van der Waals surface area (Å²) >= 11 is 0. The van der Waals surface area contributed by atoms with Crippen molar-refractivity contribution in [1.82, 2.24) is 15.1 Å². The molecule has 1 aliphatic rings. The number of aryl methyl sites for hydroxylation is 1. The summed E-state index contributed by atoms with van der Waals surface area (Å²) in [5.41, 5.74) is 4.26. The van der Waals surface area contributed by atoms with Gasteiger partial charge in [-0.15, -0.1) is 0 Å². The van der Waals surface area contributed by atoms with Gasteiger partial charge in [-0.05, 0) is 63.5 Å². The van der Waals surface area contributed by atoms with Crippen LogP contribution in [0.5, 0.6) is 0 Å². The van der Waals surface area contributed by atoms with Gasteiger partial charge in [-0.2, -0.15) is 5.10 Å². The van der Waals surface area contributed by atoms with Crippen LogP contribution in [0.15, 0.2) is 0 Å². The van der Waals surface area contributed by atoms with Gasteiger partial charge in [0, 0.05) is 11.7 Å². The molecule has 1 fully saturated rings. The number of hydrogen-bond acceptors (Lipinski definition) is 2. The van der Waals surface area contributed by atoms with Gasteiger partial charge in [0.25, 0.3) is 0 Å². The quantitative estimate of drug-likeness (QED) is 0.905. The summed E-state index contributed by atoms with van der Waals surface area (Å²) in [5.74, 6) is 0.779. The minimum Gasteiger partial charge on any atom is -0.312 e. The van der Waals surface area contributed by atoms with Crippen molar-refractivity contribution >= 4 is 0 Å². The second-order valence-electron chi connectivity index (χ2n) is 7.85. The average molecular weight is 291 g/mol. The van der Waals surface area contributed by atoms with E-state index in [2.05, 4.69) is 58.5 Å². The lowest BCUT2D eigenvalue weighted by Crippen LogP contribution is -2.44. The number of nitrogens with zero attached hydrogens (tertiary/aromatic N) is 2. The van der Waals surface area contributed by atoms with Crippen LogP contribution in [0.2, 0.25) is 0 Å². The second-order valence-corrected chi connectivity index (χ2v) is 7.85. The Balaban J connectivity index is 2.31. The van der Waals surface area contributed by atoms with Crippen molar-refractivity contribution in [2.24, 2.45) is 11.3 Å². The van der Waals surface area contributed by atoms with Crippen LogP contribution in [0.4, 0.5) is 0 Å². The Morgan fingerprint density at radius 2 is 1.86 bits per heavy atom. The molecular formula is C18H33N3. The average Bonchev–Trinajstić information content (AvgIpc) is 2.66. The maximum Gasteiger partial charge on any atom is 0.0678 e. The van der Waals surface area contributed by atoms with E-state index in [0.29, 0.717) is 17.5 Å². The van der Waals surface area contributed by atoms with E-state index >= 15 is 0 Å². The summed E-state index contributed by atoms with van der Waals surface area (Å²) in [6, 6.07) is 1.06. The third kappa shape index (κ3) is 3.33. The van der Waals surface area contributed by atoms with Crippen LogP contribution in [-0.4, -0.2) is 22.4 Å². The monoisotopic (exact) mass is 291 g/mol. The molecule has 2 rings (SSSR count). The molecule has 0 saturated heterocycles. The molecular weight excluding hydrogens is 258 g/mol. The minimum absolute atomic E-state index is 0.389. The molecule has 1 N–H and O–H groups in total. The standard InChI is InChI=1S/C18H33N3/c1-8-19-16-10-9-15(18(5,6)7)11-17(16)21-14(4)12(2)13(3)20-21/h15-17,19H,8-11H2,1-7H3. The Morgan fingerprint density at radius 1 is 1.19 bits per heavy atom. The predicted octanol–water partition coefficient (Wildman–Crippen LogP) is 4.17. The summed E-state index contributed by atoms with van der Waals surface area (Å²) in [6.45, 7) is 16.9. The highest BCUT2D eigenvalue weighted by atomic mass is 15.3. The van der Waals surface area contributed by atoms with E-state index in [1.807, 2.05) is 0 Å². The number of rotatable bonds is 3. The summed E-state index contributed by atoms with van der Waals surface area (Å²) in [6.07, 6.45) is 3.83. The van der Waals surface area contributed by atoms with Gasteiger partial charge in [-0.1, -0.05) is 27.7 Å². The SMILES string of the molecule is CCNC1CCC(C(C)(C)C)CC1n1nc(C)c(C)c1C. The molecule has 3 unspecified atom stereocenters. The van der Waals surface area contributed by atoms with Crippen LogP contribution in [0.25, 0.3) is 0 Å². The lowest BCUT2D eigenvalue weighted by molar-refractivity contribution is 0.111. The molecule has 0 spiro atoms. The molecule has 1 aliphatic carbocycles. The third-order valence-electron chi connectivity index (χ3n) is 5.51. The number of likely N-dealkylation sites (N-methyl/N-ethyl adjacent to an activating group) is 1. The summed E-state index contributed by atoms with van der Waals surface area (Å²) in [5, 5.41) is 8.56. The lowest BCUT2D eigenvalue weighted by Gasteiger charge is -2.42. The van der Waals surface area contributed by atoms with Gasteiger partial charge < -0.3 is 5.32 Å². The molecule has 3 nitrogen and oxygen atoms in total. The van der Waals surface area contributed by atoms with Gasteiger partial charge in [0.05, 0.1) is 11.7 Å². The van der Waals surface area contributed by atoms with Crippen LogP contribution in [0.1, 0.15) is 70.0 Å². The van der Waals surface area contributed by atoms with E-state index in [-0.39, 0.29) is 0 Å². The normalized spacial score (nSPS) is 27.1. The molecule has 0 amide bonds. The fourth-order valence-electron chi connectivity index (χ4n) is 3.77. The molecule has 0 aliphatic heterocycles. The van der Waals surface area contributed by atoms with Crippen molar-refractivity contribution in [3.8, 4) is 0 Å². The zero-order valence-electron chi connectivity index (χ0n) is 15.0. The Labute approximate surface area is 130 Å². The second kappa shape index (κ2) is 6.12. The first-order chi connectivity index (χ1) is 9.75. The summed E-state index contributed by atoms with van der Waals surface area (Å²) in [4.78, 5) is 0. The van der Waals surface area contributed by atoms with Gasteiger partial charge in [0.15, 0.2) is 0 Å². The van der Waals surface area contributed by atoms with Crippen molar-refractivity contribution in [1.29, 1.82) is 0 Å². The summed E-state index contributed by atoms with van der Waals surface area (Å²) < 4.78 is 2.32. The Hall–Kier alpha value is -0.830. The molecule has 3 heteroatoms. The first-order valence-corrected chi connectivity index (χ1v) is 8.51. The first kappa shape index (κ1) is 16.5. The highest BCUT2D eigenvalue weighted by molar-refractivity contribution is 5.23. The minimum atomic E-state index is 0.389.